The summed E-state index contributed by atoms with van der Waals surface area (Å²) in [5, 5.41) is 20.1. The molecule has 1 unspecified atom stereocenters. The zero-order valence-electron chi connectivity index (χ0n) is 9.57. The third-order valence-corrected chi connectivity index (χ3v) is 2.99. The molecule has 96 valence electrons. The van der Waals surface area contributed by atoms with E-state index in [1.54, 1.807) is 11.0 Å². The van der Waals surface area contributed by atoms with Crippen LogP contribution in [-0.2, 0) is 0 Å². The van der Waals surface area contributed by atoms with Gasteiger partial charge in [0.25, 0.3) is 0 Å². The Hall–Kier alpha value is -2.15. The van der Waals surface area contributed by atoms with Crippen LogP contribution in [0.1, 0.15) is 16.8 Å². The van der Waals surface area contributed by atoms with Gasteiger partial charge >= 0.3 is 11.7 Å². The number of carboxylic acids is 1. The number of aromatic carboxylic acids is 1. The molecule has 0 spiro atoms. The number of nitrogens with zero attached hydrogens (tertiary/aromatic N) is 2. The topological polar surface area (TPSA) is 110 Å². The van der Waals surface area contributed by atoms with Crippen molar-refractivity contribution in [2.45, 2.75) is 12.5 Å². The van der Waals surface area contributed by atoms with E-state index in [0.29, 0.717) is 18.8 Å². The van der Waals surface area contributed by atoms with Crippen LogP contribution in [0.3, 0.4) is 0 Å². The van der Waals surface area contributed by atoms with Crippen molar-refractivity contribution in [3.63, 3.8) is 0 Å². The first-order valence-corrected chi connectivity index (χ1v) is 5.52. The van der Waals surface area contributed by atoms with Gasteiger partial charge in [-0.15, -0.1) is 0 Å². The average molecular weight is 251 g/mol. The van der Waals surface area contributed by atoms with Crippen LogP contribution in [0.15, 0.2) is 18.2 Å². The maximum absolute atomic E-state index is 11.1. The Morgan fingerprint density at radius 1 is 1.56 bits per heavy atom. The van der Waals surface area contributed by atoms with Crippen LogP contribution >= 0.6 is 0 Å². The number of rotatable bonds is 3. The lowest BCUT2D eigenvalue weighted by molar-refractivity contribution is -0.384. The van der Waals surface area contributed by atoms with Gasteiger partial charge in [-0.2, -0.15) is 0 Å². The number of hydrogen-bond acceptors (Lipinski definition) is 5. The summed E-state index contributed by atoms with van der Waals surface area (Å²) in [6, 6.07) is 4.27. The number of carbonyl (C=O) groups is 1. The summed E-state index contributed by atoms with van der Waals surface area (Å²) in [5.41, 5.74) is 5.43. The standard InChI is InChI=1S/C11H13N3O4/c12-7-4-5-13(6-7)9-3-1-2-8(11(15)16)10(9)14(17)18/h1-3,7H,4-6,12H2,(H,15,16). The van der Waals surface area contributed by atoms with Crippen molar-refractivity contribution in [2.75, 3.05) is 18.0 Å². The zero-order valence-corrected chi connectivity index (χ0v) is 9.57. The van der Waals surface area contributed by atoms with Gasteiger partial charge in [-0.25, -0.2) is 4.79 Å². The molecule has 0 radical (unpaired) electrons. The molecule has 3 N–H and O–H groups in total. The summed E-state index contributed by atoms with van der Waals surface area (Å²) in [7, 11) is 0. The molecule has 1 aliphatic rings. The van der Waals surface area contributed by atoms with Crippen molar-refractivity contribution in [1.29, 1.82) is 0 Å². The molecule has 7 nitrogen and oxygen atoms in total. The summed E-state index contributed by atoms with van der Waals surface area (Å²) < 4.78 is 0. The number of nitro groups is 1. The Bertz CT molecular complexity index is 503. The molecule has 1 atom stereocenters. The quantitative estimate of drug-likeness (QED) is 0.608. The van der Waals surface area contributed by atoms with Crippen LogP contribution in [0, 0.1) is 10.1 Å². The number of hydrogen-bond donors (Lipinski definition) is 2. The average Bonchev–Trinajstić information content (AvgIpc) is 2.74. The zero-order chi connectivity index (χ0) is 13.3. The van der Waals surface area contributed by atoms with Crippen molar-refractivity contribution >= 4 is 17.3 Å². The maximum atomic E-state index is 11.1. The van der Waals surface area contributed by atoms with E-state index in [1.807, 2.05) is 0 Å². The van der Waals surface area contributed by atoms with Gasteiger partial charge in [0.05, 0.1) is 4.92 Å². The van der Waals surface area contributed by atoms with Gasteiger partial charge in [0.2, 0.25) is 0 Å². The molecule has 1 fully saturated rings. The third-order valence-electron chi connectivity index (χ3n) is 2.99. The van der Waals surface area contributed by atoms with E-state index < -0.39 is 10.9 Å². The third kappa shape index (κ3) is 2.12. The first-order chi connectivity index (χ1) is 8.50. The predicted molar refractivity (Wildman–Crippen MR) is 64.9 cm³/mol. The summed E-state index contributed by atoms with van der Waals surface area (Å²) in [6.07, 6.45) is 0.744. The minimum Gasteiger partial charge on any atom is -0.477 e. The number of benzene rings is 1. The lowest BCUT2D eigenvalue weighted by atomic mass is 10.1. The predicted octanol–water partition coefficient (Wildman–Crippen LogP) is 0.830. The minimum atomic E-state index is -1.30. The van der Waals surface area contributed by atoms with Gasteiger partial charge in [-0.1, -0.05) is 6.07 Å². The highest BCUT2D eigenvalue weighted by Gasteiger charge is 2.30. The number of nitro benzene ring substituents is 1. The first kappa shape index (κ1) is 12.3. The highest BCUT2D eigenvalue weighted by atomic mass is 16.6. The largest absolute Gasteiger partial charge is 0.477 e. The number of para-hydroxylation sites is 1. The van der Waals surface area contributed by atoms with E-state index in [1.165, 1.54) is 12.1 Å². The Morgan fingerprint density at radius 2 is 2.28 bits per heavy atom. The molecule has 0 aliphatic carbocycles. The van der Waals surface area contributed by atoms with E-state index in [4.69, 9.17) is 10.8 Å². The van der Waals surface area contributed by atoms with Crippen molar-refractivity contribution in [1.82, 2.24) is 0 Å². The molecule has 0 bridgehead atoms. The molecule has 2 rings (SSSR count). The first-order valence-electron chi connectivity index (χ1n) is 5.52. The summed E-state index contributed by atoms with van der Waals surface area (Å²) in [6.45, 7) is 1.11. The normalized spacial score (nSPS) is 18.9. The van der Waals surface area contributed by atoms with E-state index in [2.05, 4.69) is 0 Å². The summed E-state index contributed by atoms with van der Waals surface area (Å²) in [4.78, 5) is 23.2. The van der Waals surface area contributed by atoms with Gasteiger partial charge in [0.15, 0.2) is 0 Å². The second kappa shape index (κ2) is 4.61. The Morgan fingerprint density at radius 3 is 2.78 bits per heavy atom. The molecular formula is C11H13N3O4. The van der Waals surface area contributed by atoms with Crippen molar-refractivity contribution < 1.29 is 14.8 Å². The Kier molecular flexibility index (Phi) is 3.15. The van der Waals surface area contributed by atoms with Crippen molar-refractivity contribution in [3.05, 3.63) is 33.9 Å². The van der Waals surface area contributed by atoms with E-state index >= 15 is 0 Å². The summed E-state index contributed by atoms with van der Waals surface area (Å²) >= 11 is 0. The Labute approximate surface area is 103 Å². The Balaban J connectivity index is 2.50. The van der Waals surface area contributed by atoms with Crippen molar-refractivity contribution in [2.24, 2.45) is 5.73 Å². The lowest BCUT2D eigenvalue weighted by Gasteiger charge is -2.18. The van der Waals surface area contributed by atoms with Crippen LogP contribution in [0.2, 0.25) is 0 Å². The van der Waals surface area contributed by atoms with E-state index in [0.717, 1.165) is 6.42 Å². The molecule has 0 aromatic heterocycles. The van der Waals surface area contributed by atoms with Gasteiger partial charge in [0.1, 0.15) is 11.3 Å². The molecule has 0 saturated carbocycles. The number of carboxylic acid groups (broad SMARTS) is 1. The smallest absolute Gasteiger partial charge is 0.342 e. The fourth-order valence-corrected chi connectivity index (χ4v) is 2.16. The monoisotopic (exact) mass is 251 g/mol. The molecule has 1 aromatic rings. The van der Waals surface area contributed by atoms with Gasteiger partial charge in [0, 0.05) is 19.1 Å². The lowest BCUT2D eigenvalue weighted by Crippen LogP contribution is -2.27. The van der Waals surface area contributed by atoms with Crippen LogP contribution in [-0.4, -0.2) is 35.1 Å². The molecule has 1 saturated heterocycles. The SMILES string of the molecule is NC1CCN(c2cccc(C(=O)O)c2[N+](=O)[O-])C1. The molecular weight excluding hydrogens is 238 g/mol. The van der Waals surface area contributed by atoms with Crippen molar-refractivity contribution in [3.8, 4) is 0 Å². The fourth-order valence-electron chi connectivity index (χ4n) is 2.16. The number of anilines is 1. The molecule has 1 aliphatic heterocycles. The van der Waals surface area contributed by atoms with Crippen LogP contribution in [0.4, 0.5) is 11.4 Å². The van der Waals surface area contributed by atoms with Crippen LogP contribution in [0.25, 0.3) is 0 Å². The second-order valence-corrected chi connectivity index (χ2v) is 4.23. The van der Waals surface area contributed by atoms with E-state index in [9.17, 15) is 14.9 Å². The fraction of sp³-hybridized carbons (Fsp3) is 0.364. The molecule has 7 heteroatoms. The maximum Gasteiger partial charge on any atom is 0.342 e. The van der Waals surface area contributed by atoms with Gasteiger partial charge < -0.3 is 15.7 Å². The highest BCUT2D eigenvalue weighted by molar-refractivity contribution is 5.95. The van der Waals surface area contributed by atoms with Crippen LogP contribution in [0.5, 0.6) is 0 Å². The highest BCUT2D eigenvalue weighted by Crippen LogP contribution is 2.33. The molecule has 1 heterocycles. The minimum absolute atomic E-state index is 0.0295. The summed E-state index contributed by atoms with van der Waals surface area (Å²) in [5.74, 6) is -1.30. The molecule has 18 heavy (non-hydrogen) atoms. The van der Waals surface area contributed by atoms with Crippen LogP contribution < -0.4 is 10.6 Å². The van der Waals surface area contributed by atoms with E-state index in [-0.39, 0.29) is 17.3 Å². The van der Waals surface area contributed by atoms with Gasteiger partial charge in [-0.05, 0) is 18.6 Å². The number of nitrogens with two attached hydrogens (primary N) is 1. The second-order valence-electron chi connectivity index (χ2n) is 4.23. The molecule has 1 aromatic carbocycles. The molecule has 0 amide bonds. The van der Waals surface area contributed by atoms with Gasteiger partial charge in [-0.3, -0.25) is 10.1 Å².